The number of hydrogen-bond donors (Lipinski definition) is 1. The van der Waals surface area contributed by atoms with E-state index in [2.05, 4.69) is 16.9 Å². The van der Waals surface area contributed by atoms with Gasteiger partial charge in [-0.3, -0.25) is 4.90 Å². The molecule has 1 saturated carbocycles. The van der Waals surface area contributed by atoms with Crippen LogP contribution in [-0.4, -0.2) is 34.0 Å². The molecule has 4 nitrogen and oxygen atoms in total. The van der Waals surface area contributed by atoms with Crippen molar-refractivity contribution in [2.24, 2.45) is 0 Å². The van der Waals surface area contributed by atoms with Crippen molar-refractivity contribution in [3.05, 3.63) is 29.6 Å². The lowest BCUT2D eigenvalue weighted by atomic mass is 10.1. The molecule has 0 aliphatic heterocycles. The van der Waals surface area contributed by atoms with Crippen molar-refractivity contribution in [1.82, 2.24) is 9.88 Å². The van der Waals surface area contributed by atoms with Crippen molar-refractivity contribution in [1.29, 1.82) is 0 Å². The Morgan fingerprint density at radius 3 is 2.68 bits per heavy atom. The zero-order valence-electron chi connectivity index (χ0n) is 11.5. The molecular weight excluding hydrogens is 240 g/mol. The number of rotatable bonds is 4. The minimum Gasteiger partial charge on any atom is -0.477 e. The average Bonchev–Trinajstić information content (AvgIpc) is 2.68. The smallest absolute Gasteiger partial charge is 0.354 e. The van der Waals surface area contributed by atoms with E-state index in [1.807, 2.05) is 6.07 Å². The van der Waals surface area contributed by atoms with Crippen molar-refractivity contribution in [2.45, 2.75) is 51.1 Å². The fraction of sp³-hybridized carbons (Fsp3) is 0.600. The molecule has 1 aromatic heterocycles. The van der Waals surface area contributed by atoms with Crippen LogP contribution in [0.5, 0.6) is 0 Å². The minimum atomic E-state index is -0.959. The van der Waals surface area contributed by atoms with Crippen LogP contribution in [-0.2, 0) is 6.54 Å². The Hall–Kier alpha value is -1.42. The molecule has 0 bridgehead atoms. The van der Waals surface area contributed by atoms with Gasteiger partial charge in [-0.1, -0.05) is 25.7 Å². The highest BCUT2D eigenvalue weighted by atomic mass is 16.4. The van der Waals surface area contributed by atoms with Crippen LogP contribution in [0.2, 0.25) is 0 Å². The molecule has 1 aliphatic rings. The van der Waals surface area contributed by atoms with Crippen molar-refractivity contribution < 1.29 is 9.90 Å². The van der Waals surface area contributed by atoms with Gasteiger partial charge in [0.2, 0.25) is 0 Å². The summed E-state index contributed by atoms with van der Waals surface area (Å²) in [6.07, 6.45) is 9.42. The van der Waals surface area contributed by atoms with E-state index >= 15 is 0 Å². The normalized spacial score (nSPS) is 17.4. The molecule has 104 valence electrons. The number of carboxylic acid groups (broad SMARTS) is 1. The van der Waals surface area contributed by atoms with E-state index in [0.717, 1.165) is 12.1 Å². The second kappa shape index (κ2) is 6.66. The molecule has 1 fully saturated rings. The first-order valence-corrected chi connectivity index (χ1v) is 7.05. The number of carboxylic acids is 1. The summed E-state index contributed by atoms with van der Waals surface area (Å²) in [5, 5.41) is 8.95. The standard InChI is InChI=1S/C15H22N2O2/c1-17(13-6-4-2-3-5-7-13)11-12-8-9-16-14(10-12)15(18)19/h8-10,13H,2-7,11H2,1H3,(H,18,19). The quantitative estimate of drug-likeness (QED) is 0.848. The van der Waals surface area contributed by atoms with Crippen LogP contribution in [0.25, 0.3) is 0 Å². The van der Waals surface area contributed by atoms with Crippen molar-refractivity contribution in [3.63, 3.8) is 0 Å². The van der Waals surface area contributed by atoms with Gasteiger partial charge in [-0.15, -0.1) is 0 Å². The zero-order chi connectivity index (χ0) is 13.7. The highest BCUT2D eigenvalue weighted by molar-refractivity contribution is 5.85. The Morgan fingerprint density at radius 1 is 1.37 bits per heavy atom. The summed E-state index contributed by atoms with van der Waals surface area (Å²) in [6, 6.07) is 4.21. The maximum atomic E-state index is 10.9. The lowest BCUT2D eigenvalue weighted by Crippen LogP contribution is -2.30. The van der Waals surface area contributed by atoms with Crippen molar-refractivity contribution >= 4 is 5.97 Å². The van der Waals surface area contributed by atoms with Crippen LogP contribution in [0.15, 0.2) is 18.3 Å². The van der Waals surface area contributed by atoms with Crippen molar-refractivity contribution in [2.75, 3.05) is 7.05 Å². The molecule has 0 amide bonds. The molecule has 0 spiro atoms. The molecule has 0 unspecified atom stereocenters. The molecular formula is C15H22N2O2. The van der Waals surface area contributed by atoms with Crippen LogP contribution in [0.3, 0.4) is 0 Å². The predicted octanol–water partition coefficient (Wildman–Crippen LogP) is 2.93. The largest absolute Gasteiger partial charge is 0.477 e. The van der Waals surface area contributed by atoms with Crippen LogP contribution in [0, 0.1) is 0 Å². The molecule has 0 atom stereocenters. The Balaban J connectivity index is 1.99. The Kier molecular flexibility index (Phi) is 4.91. The van der Waals surface area contributed by atoms with Gasteiger partial charge < -0.3 is 5.11 Å². The van der Waals surface area contributed by atoms with E-state index in [0.29, 0.717) is 6.04 Å². The molecule has 1 aromatic rings. The third kappa shape index (κ3) is 4.03. The van der Waals surface area contributed by atoms with Gasteiger partial charge in [-0.2, -0.15) is 0 Å². The maximum Gasteiger partial charge on any atom is 0.354 e. The van der Waals surface area contributed by atoms with E-state index in [4.69, 9.17) is 5.11 Å². The SMILES string of the molecule is CN(Cc1ccnc(C(=O)O)c1)C1CCCCCC1. The third-order valence-corrected chi connectivity index (χ3v) is 3.92. The Bertz CT molecular complexity index is 426. The summed E-state index contributed by atoms with van der Waals surface area (Å²) in [5.74, 6) is -0.959. The summed E-state index contributed by atoms with van der Waals surface area (Å²) in [6.45, 7) is 0.799. The summed E-state index contributed by atoms with van der Waals surface area (Å²) < 4.78 is 0. The summed E-state index contributed by atoms with van der Waals surface area (Å²) in [4.78, 5) is 17.1. The van der Waals surface area contributed by atoms with Gasteiger partial charge in [0.05, 0.1) is 0 Å². The van der Waals surface area contributed by atoms with Crippen LogP contribution < -0.4 is 0 Å². The number of carbonyl (C=O) groups is 1. The van der Waals surface area contributed by atoms with Gasteiger partial charge in [-0.25, -0.2) is 9.78 Å². The molecule has 1 N–H and O–H groups in total. The fourth-order valence-electron chi connectivity index (χ4n) is 2.81. The lowest BCUT2D eigenvalue weighted by molar-refractivity contribution is 0.0690. The second-order valence-electron chi connectivity index (χ2n) is 5.41. The lowest BCUT2D eigenvalue weighted by Gasteiger charge is -2.27. The van der Waals surface area contributed by atoms with Gasteiger partial charge in [0.1, 0.15) is 5.69 Å². The number of aromatic carboxylic acids is 1. The van der Waals surface area contributed by atoms with Crippen LogP contribution in [0.4, 0.5) is 0 Å². The molecule has 0 aromatic carbocycles. The molecule has 4 heteroatoms. The van der Waals surface area contributed by atoms with Gasteiger partial charge in [0.25, 0.3) is 0 Å². The summed E-state index contributed by atoms with van der Waals surface area (Å²) in [5.41, 5.74) is 1.16. The highest BCUT2D eigenvalue weighted by Gasteiger charge is 2.17. The molecule has 1 aliphatic carbocycles. The molecule has 2 rings (SSSR count). The van der Waals surface area contributed by atoms with Crippen LogP contribution >= 0.6 is 0 Å². The molecule has 19 heavy (non-hydrogen) atoms. The van der Waals surface area contributed by atoms with Gasteiger partial charge in [-0.05, 0) is 37.6 Å². The van der Waals surface area contributed by atoms with Crippen molar-refractivity contribution in [3.8, 4) is 0 Å². The first kappa shape index (κ1) is 14.0. The van der Waals surface area contributed by atoms with E-state index in [-0.39, 0.29) is 5.69 Å². The van der Waals surface area contributed by atoms with Gasteiger partial charge in [0, 0.05) is 18.8 Å². The monoisotopic (exact) mass is 262 g/mol. The number of nitrogens with zero attached hydrogens (tertiary/aromatic N) is 2. The van der Waals surface area contributed by atoms with E-state index < -0.39 is 5.97 Å². The summed E-state index contributed by atoms with van der Waals surface area (Å²) >= 11 is 0. The highest BCUT2D eigenvalue weighted by Crippen LogP contribution is 2.22. The van der Waals surface area contributed by atoms with Gasteiger partial charge >= 0.3 is 5.97 Å². The van der Waals surface area contributed by atoms with E-state index in [1.165, 1.54) is 38.5 Å². The first-order chi connectivity index (χ1) is 9.16. The second-order valence-corrected chi connectivity index (χ2v) is 5.41. The predicted molar refractivity (Wildman–Crippen MR) is 74.2 cm³/mol. The minimum absolute atomic E-state index is 0.131. The van der Waals surface area contributed by atoms with E-state index in [1.54, 1.807) is 12.3 Å². The maximum absolute atomic E-state index is 10.9. The molecule has 1 heterocycles. The number of aromatic nitrogens is 1. The average molecular weight is 262 g/mol. The number of pyridine rings is 1. The molecule has 0 radical (unpaired) electrons. The topological polar surface area (TPSA) is 53.4 Å². The summed E-state index contributed by atoms with van der Waals surface area (Å²) in [7, 11) is 2.14. The first-order valence-electron chi connectivity index (χ1n) is 7.05. The zero-order valence-corrected chi connectivity index (χ0v) is 11.5. The number of hydrogen-bond acceptors (Lipinski definition) is 3. The Labute approximate surface area is 114 Å². The van der Waals surface area contributed by atoms with Crippen LogP contribution in [0.1, 0.15) is 54.6 Å². The molecule has 0 saturated heterocycles. The third-order valence-electron chi connectivity index (χ3n) is 3.92. The fourth-order valence-corrected chi connectivity index (χ4v) is 2.81. The van der Waals surface area contributed by atoms with E-state index in [9.17, 15) is 4.79 Å². The Morgan fingerprint density at radius 2 is 2.05 bits per heavy atom. The van der Waals surface area contributed by atoms with Gasteiger partial charge in [0.15, 0.2) is 0 Å².